The Balaban J connectivity index is 2.95. The van der Waals surface area contributed by atoms with Gasteiger partial charge in [0, 0.05) is 26.2 Å². The molecule has 1 aromatic heterocycles. The number of aromatic nitrogens is 1. The van der Waals surface area contributed by atoms with E-state index in [1.807, 2.05) is 13.8 Å². The maximum absolute atomic E-state index is 12.9. The molecule has 0 bridgehead atoms. The molecule has 37 heavy (non-hydrogen) atoms. The summed E-state index contributed by atoms with van der Waals surface area (Å²) in [6.45, 7) is 4.29. The van der Waals surface area contributed by atoms with Gasteiger partial charge < -0.3 is 36.0 Å². The van der Waals surface area contributed by atoms with E-state index in [-0.39, 0.29) is 37.4 Å². The van der Waals surface area contributed by atoms with Crippen molar-refractivity contribution in [2.75, 3.05) is 18.9 Å². The van der Waals surface area contributed by atoms with Gasteiger partial charge in [-0.3, -0.25) is 28.8 Å². The summed E-state index contributed by atoms with van der Waals surface area (Å²) in [6, 6.07) is 1.54. The highest BCUT2D eigenvalue weighted by Crippen LogP contribution is 2.08. The van der Waals surface area contributed by atoms with E-state index in [0.717, 1.165) is 17.4 Å². The van der Waals surface area contributed by atoms with Crippen LogP contribution in [0.1, 0.15) is 52.4 Å². The van der Waals surface area contributed by atoms with Gasteiger partial charge in [0.25, 0.3) is 5.56 Å². The molecule has 0 aliphatic heterocycles. The predicted octanol–water partition coefficient (Wildman–Crippen LogP) is -0.424. The Labute approximate surface area is 215 Å². The van der Waals surface area contributed by atoms with E-state index in [9.17, 15) is 33.9 Å². The fourth-order valence-electron chi connectivity index (χ4n) is 3.40. The lowest BCUT2D eigenvalue weighted by molar-refractivity contribution is -0.139. The summed E-state index contributed by atoms with van der Waals surface area (Å²) in [7, 11) is 1.33. The van der Waals surface area contributed by atoms with Crippen molar-refractivity contribution in [1.29, 1.82) is 0 Å². The zero-order valence-corrected chi connectivity index (χ0v) is 21.4. The highest BCUT2D eigenvalue weighted by atomic mass is 16.4. The number of nitrogens with zero attached hydrogens (tertiary/aromatic N) is 1. The second-order valence-corrected chi connectivity index (χ2v) is 8.55. The minimum absolute atomic E-state index is 0.142. The number of aliphatic hydroxyl groups excluding tert-OH is 1. The first-order valence-corrected chi connectivity index (χ1v) is 12.2. The summed E-state index contributed by atoms with van der Waals surface area (Å²) in [4.78, 5) is 72.5. The number of aliphatic carboxylic acids is 1. The summed E-state index contributed by atoms with van der Waals surface area (Å²) in [6.07, 6.45) is 0.582. The summed E-state index contributed by atoms with van der Waals surface area (Å²) < 4.78 is 1.13. The van der Waals surface area contributed by atoms with Crippen molar-refractivity contribution in [3.05, 3.63) is 28.7 Å². The molecule has 4 amide bonds. The molecule has 0 spiro atoms. The molecule has 1 heterocycles. The van der Waals surface area contributed by atoms with Gasteiger partial charge in [-0.15, -0.1) is 0 Å². The van der Waals surface area contributed by atoms with Crippen molar-refractivity contribution in [2.24, 2.45) is 5.92 Å². The lowest BCUT2D eigenvalue weighted by Crippen LogP contribution is -2.45. The minimum Gasteiger partial charge on any atom is -0.481 e. The fourth-order valence-corrected chi connectivity index (χ4v) is 3.40. The van der Waals surface area contributed by atoms with E-state index in [1.54, 1.807) is 0 Å². The molecule has 0 fully saturated rings. The summed E-state index contributed by atoms with van der Waals surface area (Å²) in [5, 5.41) is 28.5. The van der Waals surface area contributed by atoms with E-state index in [0.29, 0.717) is 12.5 Å². The smallest absolute Gasteiger partial charge is 0.303 e. The number of hydrogen-bond acceptors (Lipinski definition) is 7. The third-order valence-electron chi connectivity index (χ3n) is 5.83. The van der Waals surface area contributed by atoms with Gasteiger partial charge in [-0.2, -0.15) is 0 Å². The molecule has 1 aromatic rings. The van der Waals surface area contributed by atoms with Crippen molar-refractivity contribution in [3.8, 4) is 0 Å². The van der Waals surface area contributed by atoms with Crippen molar-refractivity contribution in [3.63, 3.8) is 0 Å². The number of aliphatic hydroxyl groups is 1. The van der Waals surface area contributed by atoms with E-state index >= 15 is 0 Å². The lowest BCUT2D eigenvalue weighted by Gasteiger charge is -2.20. The van der Waals surface area contributed by atoms with Gasteiger partial charge >= 0.3 is 5.97 Å². The van der Waals surface area contributed by atoms with Crippen LogP contribution in [0.15, 0.2) is 23.1 Å². The van der Waals surface area contributed by atoms with E-state index in [2.05, 4.69) is 21.3 Å². The molecule has 13 heteroatoms. The van der Waals surface area contributed by atoms with Gasteiger partial charge in [-0.05, 0) is 30.9 Å². The van der Waals surface area contributed by atoms with Gasteiger partial charge in [0.2, 0.25) is 23.6 Å². The second-order valence-electron chi connectivity index (χ2n) is 8.55. The quantitative estimate of drug-likeness (QED) is 0.168. The van der Waals surface area contributed by atoms with Crippen LogP contribution in [0.5, 0.6) is 0 Å². The van der Waals surface area contributed by atoms with Crippen molar-refractivity contribution < 1.29 is 34.2 Å². The van der Waals surface area contributed by atoms with Crippen LogP contribution >= 0.6 is 0 Å². The van der Waals surface area contributed by atoms with E-state index in [1.165, 1.54) is 25.4 Å². The highest BCUT2D eigenvalue weighted by Gasteiger charge is 2.25. The molecule has 6 N–H and O–H groups in total. The largest absolute Gasteiger partial charge is 0.481 e. The predicted molar refractivity (Wildman–Crippen MR) is 135 cm³/mol. The van der Waals surface area contributed by atoms with Crippen LogP contribution in [0, 0.1) is 5.92 Å². The molecule has 1 rings (SSSR count). The first-order valence-electron chi connectivity index (χ1n) is 12.2. The van der Waals surface area contributed by atoms with Crippen molar-refractivity contribution >= 4 is 35.3 Å². The van der Waals surface area contributed by atoms with Crippen molar-refractivity contribution in [2.45, 2.75) is 71.1 Å². The molecular formula is C24H37N5O8. The Hall–Kier alpha value is -3.74. The molecular weight excluding hydrogens is 486 g/mol. The Morgan fingerprint density at radius 3 is 2.27 bits per heavy atom. The normalized spacial score (nSPS) is 12.4. The van der Waals surface area contributed by atoms with Gasteiger partial charge in [0.1, 0.15) is 24.4 Å². The first-order chi connectivity index (χ1) is 17.5. The number of hydrogen-bond donors (Lipinski definition) is 6. The number of carbonyl (C=O) groups excluding carboxylic acids is 4. The lowest BCUT2D eigenvalue weighted by atomic mass is 10.0. The average molecular weight is 524 g/mol. The Bertz CT molecular complexity index is 1010. The number of amides is 4. The standard InChI is InChI=1S/C24H37N5O8/c1-4-15(5-2)13-26-20(32)14-29-12-6-7-17(24(29)37)28-22(35)16(8-9-18(30)23(36)25-3)27-19(31)10-11-21(33)34/h6-7,12,15-16,18,30H,4-5,8-11,13-14H2,1-3H3,(H,25,36)(H,26,32)(H,27,31)(H,28,35)(H,33,34)/t16-,18?/m0/s1. The number of nitrogens with one attached hydrogen (secondary N) is 4. The number of anilines is 1. The maximum atomic E-state index is 12.9. The molecule has 206 valence electrons. The number of carbonyl (C=O) groups is 5. The molecule has 0 radical (unpaired) electrons. The Morgan fingerprint density at radius 2 is 1.68 bits per heavy atom. The molecule has 0 aromatic carbocycles. The van der Waals surface area contributed by atoms with Gasteiger partial charge in [-0.25, -0.2) is 0 Å². The minimum atomic E-state index is -1.44. The van der Waals surface area contributed by atoms with Crippen LogP contribution < -0.4 is 26.8 Å². The molecule has 0 aliphatic carbocycles. The van der Waals surface area contributed by atoms with Gasteiger partial charge in [0.15, 0.2) is 0 Å². The summed E-state index contributed by atoms with van der Waals surface area (Å²) in [5.74, 6) is -3.43. The zero-order valence-electron chi connectivity index (χ0n) is 21.4. The molecule has 2 atom stereocenters. The average Bonchev–Trinajstić information content (AvgIpc) is 2.87. The Kier molecular flexibility index (Phi) is 13.6. The number of pyridine rings is 1. The summed E-state index contributed by atoms with van der Waals surface area (Å²) in [5.41, 5.74) is -0.785. The topological polar surface area (TPSA) is 196 Å². The first kappa shape index (κ1) is 31.3. The van der Waals surface area contributed by atoms with E-state index in [4.69, 9.17) is 5.11 Å². The highest BCUT2D eigenvalue weighted by molar-refractivity contribution is 5.97. The van der Waals surface area contributed by atoms with Gasteiger partial charge in [0.05, 0.1) is 6.42 Å². The monoisotopic (exact) mass is 523 g/mol. The SMILES string of the molecule is CCC(CC)CNC(=O)Cn1cccc(NC(=O)[C@H](CCC(O)C(=O)NC)NC(=O)CCC(=O)O)c1=O. The van der Waals surface area contributed by atoms with Crippen LogP contribution in [-0.4, -0.2) is 70.1 Å². The number of carboxylic acid groups (broad SMARTS) is 1. The van der Waals surface area contributed by atoms with Crippen molar-refractivity contribution in [1.82, 2.24) is 20.5 Å². The third-order valence-corrected chi connectivity index (χ3v) is 5.83. The molecule has 0 aliphatic rings. The van der Waals surface area contributed by atoms with E-state index < -0.39 is 47.8 Å². The summed E-state index contributed by atoms with van der Waals surface area (Å²) >= 11 is 0. The van der Waals surface area contributed by atoms with Crippen LogP contribution in [0.4, 0.5) is 5.69 Å². The number of likely N-dealkylation sites (N-methyl/N-ethyl adjacent to an activating group) is 1. The second kappa shape index (κ2) is 16.1. The number of rotatable bonds is 16. The Morgan fingerprint density at radius 1 is 1.00 bits per heavy atom. The molecule has 0 saturated heterocycles. The van der Waals surface area contributed by atoms with Crippen LogP contribution in [0.3, 0.4) is 0 Å². The van der Waals surface area contributed by atoms with Gasteiger partial charge in [-0.1, -0.05) is 26.7 Å². The molecule has 1 unspecified atom stereocenters. The van der Waals surface area contributed by atoms with Crippen LogP contribution in [0.2, 0.25) is 0 Å². The molecule has 13 nitrogen and oxygen atoms in total. The molecule has 0 saturated carbocycles. The van der Waals surface area contributed by atoms with Crippen LogP contribution in [-0.2, 0) is 30.5 Å². The maximum Gasteiger partial charge on any atom is 0.303 e. The fraction of sp³-hybridized carbons (Fsp3) is 0.583. The zero-order chi connectivity index (χ0) is 28.0. The number of carboxylic acids is 1. The third kappa shape index (κ3) is 11.2. The van der Waals surface area contributed by atoms with Crippen LogP contribution in [0.25, 0.3) is 0 Å².